The maximum atomic E-state index is 11.5. The highest BCUT2D eigenvalue weighted by molar-refractivity contribution is 5.79. The van der Waals surface area contributed by atoms with E-state index in [9.17, 15) is 4.79 Å². The van der Waals surface area contributed by atoms with Crippen molar-refractivity contribution < 1.29 is 4.79 Å². The lowest BCUT2D eigenvalue weighted by molar-refractivity contribution is -0.127. The SMILES string of the molecule is CCCN(CCC)CCN1CC(N)CC1=O. The summed E-state index contributed by atoms with van der Waals surface area (Å²) in [5.41, 5.74) is 5.76. The van der Waals surface area contributed by atoms with Gasteiger partial charge in [-0.15, -0.1) is 0 Å². The molecule has 1 heterocycles. The first-order chi connectivity index (χ1) is 7.67. The monoisotopic (exact) mass is 227 g/mol. The van der Waals surface area contributed by atoms with Crippen molar-refractivity contribution in [2.75, 3.05) is 32.7 Å². The summed E-state index contributed by atoms with van der Waals surface area (Å²) in [6.07, 6.45) is 2.88. The predicted molar refractivity (Wildman–Crippen MR) is 66.2 cm³/mol. The standard InChI is InChI=1S/C12H25N3O/c1-3-5-14(6-4-2)7-8-15-10-11(13)9-12(15)16/h11H,3-10,13H2,1-2H3. The zero-order chi connectivity index (χ0) is 12.0. The van der Waals surface area contributed by atoms with Gasteiger partial charge in [-0.05, 0) is 25.9 Å². The molecule has 16 heavy (non-hydrogen) atoms. The van der Waals surface area contributed by atoms with Gasteiger partial charge in [-0.1, -0.05) is 13.8 Å². The van der Waals surface area contributed by atoms with Crippen molar-refractivity contribution in [1.82, 2.24) is 9.80 Å². The number of nitrogens with zero attached hydrogens (tertiary/aromatic N) is 2. The first-order valence-corrected chi connectivity index (χ1v) is 6.43. The van der Waals surface area contributed by atoms with E-state index in [1.54, 1.807) is 0 Å². The van der Waals surface area contributed by atoms with Crippen LogP contribution in [-0.4, -0.2) is 54.5 Å². The second kappa shape index (κ2) is 6.86. The van der Waals surface area contributed by atoms with Gasteiger partial charge in [-0.3, -0.25) is 4.79 Å². The first kappa shape index (κ1) is 13.5. The molecule has 4 nitrogen and oxygen atoms in total. The van der Waals surface area contributed by atoms with Gasteiger partial charge in [0.1, 0.15) is 0 Å². The fraction of sp³-hybridized carbons (Fsp3) is 0.917. The van der Waals surface area contributed by atoms with E-state index in [1.165, 1.54) is 12.8 Å². The molecule has 1 aliphatic rings. The van der Waals surface area contributed by atoms with Crippen molar-refractivity contribution in [3.63, 3.8) is 0 Å². The van der Waals surface area contributed by atoms with Crippen molar-refractivity contribution in [2.24, 2.45) is 5.73 Å². The van der Waals surface area contributed by atoms with Crippen LogP contribution in [0.5, 0.6) is 0 Å². The highest BCUT2D eigenvalue weighted by atomic mass is 16.2. The van der Waals surface area contributed by atoms with Crippen LogP contribution in [0.3, 0.4) is 0 Å². The summed E-state index contributed by atoms with van der Waals surface area (Å²) in [5, 5.41) is 0. The average Bonchev–Trinajstić information content (AvgIpc) is 2.54. The van der Waals surface area contributed by atoms with Crippen LogP contribution in [0.4, 0.5) is 0 Å². The minimum absolute atomic E-state index is 0.0540. The number of amides is 1. The number of hydrogen-bond acceptors (Lipinski definition) is 3. The van der Waals surface area contributed by atoms with Gasteiger partial charge in [0.2, 0.25) is 5.91 Å². The second-order valence-electron chi connectivity index (χ2n) is 4.65. The number of likely N-dealkylation sites (tertiary alicyclic amines) is 1. The Morgan fingerprint density at radius 2 is 1.94 bits per heavy atom. The Labute approximate surface area is 98.8 Å². The van der Waals surface area contributed by atoms with E-state index in [-0.39, 0.29) is 11.9 Å². The Balaban J connectivity index is 2.28. The van der Waals surface area contributed by atoms with Gasteiger partial charge in [-0.25, -0.2) is 0 Å². The van der Waals surface area contributed by atoms with Gasteiger partial charge in [0, 0.05) is 32.1 Å². The van der Waals surface area contributed by atoms with Crippen LogP contribution in [0.2, 0.25) is 0 Å². The fourth-order valence-electron chi connectivity index (χ4n) is 2.25. The number of nitrogens with two attached hydrogens (primary N) is 1. The maximum Gasteiger partial charge on any atom is 0.224 e. The molecule has 1 amide bonds. The molecule has 0 bridgehead atoms. The van der Waals surface area contributed by atoms with Crippen LogP contribution in [0, 0.1) is 0 Å². The second-order valence-corrected chi connectivity index (χ2v) is 4.65. The minimum atomic E-state index is 0.0540. The zero-order valence-electron chi connectivity index (χ0n) is 10.6. The highest BCUT2D eigenvalue weighted by Crippen LogP contribution is 2.08. The molecule has 1 rings (SSSR count). The van der Waals surface area contributed by atoms with E-state index in [4.69, 9.17) is 5.73 Å². The molecule has 1 atom stereocenters. The van der Waals surface area contributed by atoms with Gasteiger partial charge in [-0.2, -0.15) is 0 Å². The molecule has 0 aliphatic carbocycles. The Morgan fingerprint density at radius 3 is 2.38 bits per heavy atom. The number of hydrogen-bond donors (Lipinski definition) is 1. The van der Waals surface area contributed by atoms with Crippen LogP contribution in [0.15, 0.2) is 0 Å². The summed E-state index contributed by atoms with van der Waals surface area (Å²) >= 11 is 0. The van der Waals surface area contributed by atoms with Crippen molar-refractivity contribution in [1.29, 1.82) is 0 Å². The summed E-state index contributed by atoms with van der Waals surface area (Å²) in [6, 6.07) is 0.0540. The van der Waals surface area contributed by atoms with Gasteiger partial charge < -0.3 is 15.5 Å². The summed E-state index contributed by atoms with van der Waals surface area (Å²) < 4.78 is 0. The van der Waals surface area contributed by atoms with E-state index in [0.717, 1.165) is 32.7 Å². The summed E-state index contributed by atoms with van der Waals surface area (Å²) in [6.45, 7) is 9.21. The van der Waals surface area contributed by atoms with Crippen LogP contribution < -0.4 is 5.73 Å². The third kappa shape index (κ3) is 4.10. The Kier molecular flexibility index (Phi) is 5.77. The van der Waals surface area contributed by atoms with E-state index in [0.29, 0.717) is 6.42 Å². The van der Waals surface area contributed by atoms with Crippen molar-refractivity contribution >= 4 is 5.91 Å². The van der Waals surface area contributed by atoms with Gasteiger partial charge in [0.05, 0.1) is 0 Å². The lowest BCUT2D eigenvalue weighted by Crippen LogP contribution is -2.37. The molecule has 1 saturated heterocycles. The summed E-state index contributed by atoms with van der Waals surface area (Å²) in [7, 11) is 0. The lowest BCUT2D eigenvalue weighted by Gasteiger charge is -2.24. The Morgan fingerprint density at radius 1 is 1.31 bits per heavy atom. The van der Waals surface area contributed by atoms with Crippen LogP contribution in [0.1, 0.15) is 33.1 Å². The van der Waals surface area contributed by atoms with Gasteiger partial charge in [0.25, 0.3) is 0 Å². The summed E-state index contributed by atoms with van der Waals surface area (Å²) in [5.74, 6) is 0.223. The number of rotatable bonds is 7. The molecule has 0 spiro atoms. The fourth-order valence-corrected chi connectivity index (χ4v) is 2.25. The number of carbonyl (C=O) groups excluding carboxylic acids is 1. The van der Waals surface area contributed by atoms with E-state index >= 15 is 0 Å². The minimum Gasteiger partial charge on any atom is -0.340 e. The van der Waals surface area contributed by atoms with Crippen LogP contribution in [-0.2, 0) is 4.79 Å². The van der Waals surface area contributed by atoms with E-state index in [2.05, 4.69) is 18.7 Å². The third-order valence-corrected chi connectivity index (χ3v) is 3.01. The molecular formula is C12H25N3O. The third-order valence-electron chi connectivity index (χ3n) is 3.01. The Bertz CT molecular complexity index is 214. The molecule has 1 aliphatic heterocycles. The highest BCUT2D eigenvalue weighted by Gasteiger charge is 2.26. The number of carbonyl (C=O) groups is 1. The topological polar surface area (TPSA) is 49.6 Å². The van der Waals surface area contributed by atoms with Gasteiger partial charge >= 0.3 is 0 Å². The van der Waals surface area contributed by atoms with Crippen molar-refractivity contribution in [3.8, 4) is 0 Å². The molecule has 0 aromatic rings. The normalized spacial score (nSPS) is 21.1. The average molecular weight is 227 g/mol. The predicted octanol–water partition coefficient (Wildman–Crippen LogP) is 0.668. The molecule has 1 fully saturated rings. The first-order valence-electron chi connectivity index (χ1n) is 6.43. The molecule has 0 radical (unpaired) electrons. The molecular weight excluding hydrogens is 202 g/mol. The summed E-state index contributed by atoms with van der Waals surface area (Å²) in [4.78, 5) is 15.9. The molecule has 1 unspecified atom stereocenters. The molecule has 4 heteroatoms. The zero-order valence-corrected chi connectivity index (χ0v) is 10.6. The van der Waals surface area contributed by atoms with Crippen molar-refractivity contribution in [3.05, 3.63) is 0 Å². The molecule has 0 saturated carbocycles. The van der Waals surface area contributed by atoms with Crippen molar-refractivity contribution in [2.45, 2.75) is 39.2 Å². The lowest BCUT2D eigenvalue weighted by atomic mass is 10.3. The van der Waals surface area contributed by atoms with Crippen LogP contribution >= 0.6 is 0 Å². The van der Waals surface area contributed by atoms with E-state index in [1.807, 2.05) is 4.90 Å². The van der Waals surface area contributed by atoms with E-state index < -0.39 is 0 Å². The quantitative estimate of drug-likeness (QED) is 0.695. The Hall–Kier alpha value is -0.610. The molecule has 0 aromatic carbocycles. The van der Waals surface area contributed by atoms with Gasteiger partial charge in [0.15, 0.2) is 0 Å². The maximum absolute atomic E-state index is 11.5. The molecule has 0 aromatic heterocycles. The molecule has 2 N–H and O–H groups in total. The molecule has 94 valence electrons. The largest absolute Gasteiger partial charge is 0.340 e. The van der Waals surface area contributed by atoms with Crippen LogP contribution in [0.25, 0.3) is 0 Å². The smallest absolute Gasteiger partial charge is 0.224 e.